The molecule has 0 saturated heterocycles. The van der Waals surface area contributed by atoms with Crippen LogP contribution in [-0.2, 0) is 16.1 Å². The molecule has 0 aromatic heterocycles. The van der Waals surface area contributed by atoms with Gasteiger partial charge in [0.05, 0.1) is 5.56 Å². The predicted molar refractivity (Wildman–Crippen MR) is 58.4 cm³/mol. The van der Waals surface area contributed by atoms with E-state index in [2.05, 4.69) is 0 Å². The molecule has 82 valence electrons. The van der Waals surface area contributed by atoms with Crippen molar-refractivity contribution in [1.29, 1.82) is 0 Å². The van der Waals surface area contributed by atoms with Gasteiger partial charge in [-0.15, -0.1) is 0 Å². The van der Waals surface area contributed by atoms with Gasteiger partial charge in [0.2, 0.25) is 5.91 Å². The Balaban J connectivity index is 2.16. The molecule has 16 heavy (non-hydrogen) atoms. The zero-order valence-electron chi connectivity index (χ0n) is 8.60. The fourth-order valence-corrected chi connectivity index (χ4v) is 1.57. The van der Waals surface area contributed by atoms with Crippen molar-refractivity contribution in [3.63, 3.8) is 0 Å². The quantitative estimate of drug-likeness (QED) is 0.774. The van der Waals surface area contributed by atoms with Crippen LogP contribution in [0.3, 0.4) is 0 Å². The highest BCUT2D eigenvalue weighted by Crippen LogP contribution is 2.21. The van der Waals surface area contributed by atoms with Gasteiger partial charge in [-0.25, -0.2) is 4.79 Å². The van der Waals surface area contributed by atoms with Crippen LogP contribution in [0.4, 0.5) is 0 Å². The standard InChI is InChI=1S/C12H11NO3/c13-11(14)3-1-2-8-4-5-10-9(6-8)7-16-12(10)15/h1-2,4-6H,3,7H2,(H2,13,14). The Morgan fingerprint density at radius 1 is 1.50 bits per heavy atom. The normalized spacial score (nSPS) is 13.9. The largest absolute Gasteiger partial charge is 0.457 e. The van der Waals surface area contributed by atoms with Crippen molar-refractivity contribution in [1.82, 2.24) is 0 Å². The van der Waals surface area contributed by atoms with Crippen molar-refractivity contribution in [3.05, 3.63) is 41.0 Å². The third-order valence-corrected chi connectivity index (χ3v) is 2.34. The van der Waals surface area contributed by atoms with Gasteiger partial charge < -0.3 is 10.5 Å². The molecular formula is C12H11NO3. The molecule has 0 aliphatic carbocycles. The second-order valence-electron chi connectivity index (χ2n) is 3.57. The number of benzene rings is 1. The summed E-state index contributed by atoms with van der Waals surface area (Å²) < 4.78 is 4.88. The molecule has 0 spiro atoms. The van der Waals surface area contributed by atoms with Gasteiger partial charge in [-0.2, -0.15) is 0 Å². The first-order chi connectivity index (χ1) is 7.66. The van der Waals surface area contributed by atoms with Crippen LogP contribution < -0.4 is 5.73 Å². The number of ether oxygens (including phenoxy) is 1. The summed E-state index contributed by atoms with van der Waals surface area (Å²) in [4.78, 5) is 21.7. The Hall–Kier alpha value is -2.10. The fraction of sp³-hybridized carbons (Fsp3) is 0.167. The highest BCUT2D eigenvalue weighted by atomic mass is 16.5. The van der Waals surface area contributed by atoms with Gasteiger partial charge >= 0.3 is 5.97 Å². The lowest BCUT2D eigenvalue weighted by atomic mass is 10.1. The third-order valence-electron chi connectivity index (χ3n) is 2.34. The molecule has 2 rings (SSSR count). The molecule has 1 aliphatic rings. The maximum absolute atomic E-state index is 11.2. The summed E-state index contributed by atoms with van der Waals surface area (Å²) in [5.74, 6) is -0.640. The van der Waals surface area contributed by atoms with Gasteiger partial charge in [0.15, 0.2) is 0 Å². The molecule has 1 aliphatic heterocycles. The van der Waals surface area contributed by atoms with Gasteiger partial charge in [-0.1, -0.05) is 18.2 Å². The van der Waals surface area contributed by atoms with Crippen molar-refractivity contribution < 1.29 is 14.3 Å². The second kappa shape index (κ2) is 4.18. The number of carbonyl (C=O) groups is 2. The lowest BCUT2D eigenvalue weighted by Crippen LogP contribution is -2.07. The van der Waals surface area contributed by atoms with Gasteiger partial charge in [0, 0.05) is 12.0 Å². The van der Waals surface area contributed by atoms with Crippen molar-refractivity contribution >= 4 is 18.0 Å². The van der Waals surface area contributed by atoms with Gasteiger partial charge in [-0.05, 0) is 17.7 Å². The molecule has 0 fully saturated rings. The summed E-state index contributed by atoms with van der Waals surface area (Å²) in [5.41, 5.74) is 7.44. The topological polar surface area (TPSA) is 69.4 Å². The van der Waals surface area contributed by atoms with E-state index < -0.39 is 0 Å². The van der Waals surface area contributed by atoms with Crippen molar-refractivity contribution in [3.8, 4) is 0 Å². The Morgan fingerprint density at radius 2 is 2.31 bits per heavy atom. The zero-order chi connectivity index (χ0) is 11.5. The Labute approximate surface area is 92.7 Å². The first-order valence-electron chi connectivity index (χ1n) is 4.92. The van der Waals surface area contributed by atoms with Crippen LogP contribution >= 0.6 is 0 Å². The summed E-state index contributed by atoms with van der Waals surface area (Å²) in [6.07, 6.45) is 3.71. The monoisotopic (exact) mass is 217 g/mol. The molecule has 1 amide bonds. The number of esters is 1. The van der Waals surface area contributed by atoms with Crippen LogP contribution in [0.15, 0.2) is 24.3 Å². The van der Waals surface area contributed by atoms with E-state index in [1.807, 2.05) is 12.1 Å². The molecular weight excluding hydrogens is 206 g/mol. The average molecular weight is 217 g/mol. The third kappa shape index (κ3) is 2.11. The number of hydrogen-bond acceptors (Lipinski definition) is 3. The second-order valence-corrected chi connectivity index (χ2v) is 3.57. The number of rotatable bonds is 3. The number of hydrogen-bond donors (Lipinski definition) is 1. The van der Waals surface area contributed by atoms with E-state index in [4.69, 9.17) is 10.5 Å². The summed E-state index contributed by atoms with van der Waals surface area (Å²) in [5, 5.41) is 0. The van der Waals surface area contributed by atoms with Crippen molar-refractivity contribution in [2.75, 3.05) is 0 Å². The van der Waals surface area contributed by atoms with Crippen molar-refractivity contribution in [2.24, 2.45) is 5.73 Å². The van der Waals surface area contributed by atoms with Gasteiger partial charge in [-0.3, -0.25) is 4.79 Å². The molecule has 4 nitrogen and oxygen atoms in total. The van der Waals surface area contributed by atoms with E-state index in [9.17, 15) is 9.59 Å². The minimum atomic E-state index is -0.365. The van der Waals surface area contributed by atoms with Gasteiger partial charge in [0.25, 0.3) is 0 Å². The minimum Gasteiger partial charge on any atom is -0.457 e. The van der Waals surface area contributed by atoms with Crippen LogP contribution in [0.2, 0.25) is 0 Å². The predicted octanol–water partition coefficient (Wildman–Crippen LogP) is 1.25. The molecule has 1 heterocycles. The molecule has 0 bridgehead atoms. The number of primary amides is 1. The molecule has 2 N–H and O–H groups in total. The maximum atomic E-state index is 11.2. The molecule has 0 unspecified atom stereocenters. The van der Waals surface area contributed by atoms with E-state index >= 15 is 0 Å². The maximum Gasteiger partial charge on any atom is 0.338 e. The fourth-order valence-electron chi connectivity index (χ4n) is 1.57. The zero-order valence-corrected chi connectivity index (χ0v) is 8.60. The summed E-state index contributed by atoms with van der Waals surface area (Å²) in [7, 11) is 0. The number of carbonyl (C=O) groups excluding carboxylic acids is 2. The lowest BCUT2D eigenvalue weighted by molar-refractivity contribution is -0.117. The number of cyclic esters (lactones) is 1. The smallest absolute Gasteiger partial charge is 0.338 e. The first kappa shape index (κ1) is 10.4. The average Bonchev–Trinajstić information content (AvgIpc) is 2.60. The number of nitrogens with two attached hydrogens (primary N) is 1. The van der Waals surface area contributed by atoms with E-state index in [0.717, 1.165) is 11.1 Å². The van der Waals surface area contributed by atoms with Crippen LogP contribution in [0.25, 0.3) is 6.08 Å². The van der Waals surface area contributed by atoms with E-state index in [0.29, 0.717) is 12.2 Å². The highest BCUT2D eigenvalue weighted by Gasteiger charge is 2.20. The lowest BCUT2D eigenvalue weighted by Gasteiger charge is -1.96. The van der Waals surface area contributed by atoms with Crippen LogP contribution in [0, 0.1) is 0 Å². The molecule has 1 aromatic rings. The Kier molecular flexibility index (Phi) is 2.72. The minimum absolute atomic E-state index is 0.215. The molecule has 0 radical (unpaired) electrons. The van der Waals surface area contributed by atoms with Crippen LogP contribution in [-0.4, -0.2) is 11.9 Å². The first-order valence-corrected chi connectivity index (χ1v) is 4.92. The summed E-state index contributed by atoms with van der Waals surface area (Å²) in [6.45, 7) is 0.325. The summed E-state index contributed by atoms with van der Waals surface area (Å²) in [6, 6.07) is 5.41. The van der Waals surface area contributed by atoms with Crippen LogP contribution in [0.5, 0.6) is 0 Å². The van der Waals surface area contributed by atoms with E-state index in [1.54, 1.807) is 18.2 Å². The Bertz CT molecular complexity index is 477. The van der Waals surface area contributed by atoms with Crippen LogP contribution in [0.1, 0.15) is 27.9 Å². The van der Waals surface area contributed by atoms with Crippen molar-refractivity contribution in [2.45, 2.75) is 13.0 Å². The summed E-state index contributed by atoms with van der Waals surface area (Å²) >= 11 is 0. The van der Waals surface area contributed by atoms with E-state index in [-0.39, 0.29) is 18.3 Å². The number of amides is 1. The Morgan fingerprint density at radius 3 is 3.06 bits per heavy atom. The van der Waals surface area contributed by atoms with Gasteiger partial charge in [0.1, 0.15) is 6.61 Å². The number of fused-ring (bicyclic) bond motifs is 1. The van der Waals surface area contributed by atoms with E-state index in [1.165, 1.54) is 0 Å². The molecule has 4 heteroatoms. The molecule has 0 saturated carbocycles. The molecule has 1 aromatic carbocycles. The SMILES string of the molecule is NC(=O)CC=Cc1ccc2c(c1)COC2=O. The highest BCUT2D eigenvalue weighted by molar-refractivity contribution is 5.93. The molecule has 0 atom stereocenters.